The van der Waals surface area contributed by atoms with Gasteiger partial charge < -0.3 is 14.9 Å². The molecule has 0 saturated carbocycles. The molecule has 0 aliphatic carbocycles. The van der Waals surface area contributed by atoms with Crippen molar-refractivity contribution in [1.82, 2.24) is 15.2 Å². The number of nitrogens with zero attached hydrogens (tertiary/aromatic N) is 3. The Hall–Kier alpha value is -2.93. The van der Waals surface area contributed by atoms with E-state index in [1.54, 1.807) is 19.0 Å². The molecule has 1 unspecified atom stereocenters. The quantitative estimate of drug-likeness (QED) is 0.295. The van der Waals surface area contributed by atoms with Gasteiger partial charge in [-0.05, 0) is 66.6 Å². The maximum Gasteiger partial charge on any atom is 0.373 e. The zero-order valence-electron chi connectivity index (χ0n) is 22.0. The summed E-state index contributed by atoms with van der Waals surface area (Å²) in [6.07, 6.45) is 5.07. The van der Waals surface area contributed by atoms with Crippen LogP contribution in [0.5, 0.6) is 0 Å². The maximum absolute atomic E-state index is 8.12. The summed E-state index contributed by atoms with van der Waals surface area (Å²) >= 11 is 1.59. The van der Waals surface area contributed by atoms with Crippen LogP contribution in [0.25, 0.3) is 5.70 Å². The van der Waals surface area contributed by atoms with Crippen LogP contribution < -0.4 is 10.0 Å². The molecule has 2 heterocycles. The lowest BCUT2D eigenvalue weighted by Crippen LogP contribution is -2.34. The third kappa shape index (κ3) is 9.32. The first-order valence-electron chi connectivity index (χ1n) is 11.8. The molecule has 1 aromatic carbocycles. The highest BCUT2D eigenvalue weighted by atomic mass is 32.2. The number of pyridine rings is 1. The van der Waals surface area contributed by atoms with E-state index in [9.17, 15) is 0 Å². The lowest BCUT2D eigenvalue weighted by molar-refractivity contribution is -0.191. The molecule has 1 aliphatic heterocycles. The summed E-state index contributed by atoms with van der Waals surface area (Å²) in [5.41, 5.74) is 5.27. The second-order valence-corrected chi connectivity index (χ2v) is 9.72. The normalized spacial score (nSPS) is 14.8. The Morgan fingerprint density at radius 2 is 1.91 bits per heavy atom. The lowest BCUT2D eigenvalue weighted by atomic mass is 9.87. The molecule has 190 valence electrons. The molecule has 1 aliphatic rings. The number of hydrogen-bond acceptors (Lipinski definition) is 7. The highest BCUT2D eigenvalue weighted by Crippen LogP contribution is 2.31. The van der Waals surface area contributed by atoms with E-state index in [-0.39, 0.29) is 11.6 Å². The van der Waals surface area contributed by atoms with Gasteiger partial charge in [0.15, 0.2) is 0 Å². The first-order chi connectivity index (χ1) is 16.7. The Bertz CT molecular complexity index is 988. The Kier molecular flexibility index (Phi) is 13.0. The highest BCUT2D eigenvalue weighted by Gasteiger charge is 2.25. The lowest BCUT2D eigenvalue weighted by Gasteiger charge is -2.28. The van der Waals surface area contributed by atoms with Crippen molar-refractivity contribution < 1.29 is 9.59 Å². The molecule has 0 bridgehead atoms. The average Bonchev–Trinajstić information content (AvgIpc) is 3.37. The number of aryl methyl sites for hydroxylation is 1. The number of benzene rings is 1. The minimum absolute atomic E-state index is 0.154. The Balaban J connectivity index is 0.00000114. The fourth-order valence-corrected chi connectivity index (χ4v) is 4.18. The monoisotopic (exact) mass is 497 g/mol. The minimum Gasteiger partial charge on any atom is -0.327 e. The van der Waals surface area contributed by atoms with Crippen molar-refractivity contribution in [2.24, 2.45) is 4.99 Å². The Labute approximate surface area is 214 Å². The van der Waals surface area contributed by atoms with E-state index in [4.69, 9.17) is 14.6 Å². The number of carbonyl (C=O) groups excluding carboxylic acids is 2. The van der Waals surface area contributed by atoms with E-state index in [2.05, 4.69) is 84.5 Å². The molecule has 1 fully saturated rings. The first kappa shape index (κ1) is 30.1. The van der Waals surface area contributed by atoms with Crippen molar-refractivity contribution in [2.75, 3.05) is 24.9 Å². The number of hydrogen-bond donors (Lipinski definition) is 2. The van der Waals surface area contributed by atoms with Crippen LogP contribution in [0.2, 0.25) is 0 Å². The average molecular weight is 498 g/mol. The fraction of sp³-hybridized carbons (Fsp3) is 0.444. The molecule has 1 saturated heterocycles. The molecular formula is C27H39N5O2S. The van der Waals surface area contributed by atoms with Gasteiger partial charge in [-0.3, -0.25) is 9.98 Å². The number of aliphatic imine (C=N–C) groups is 1. The Morgan fingerprint density at radius 3 is 2.43 bits per heavy atom. The molecule has 7 nitrogen and oxygen atoms in total. The molecule has 1 atom stereocenters. The van der Waals surface area contributed by atoms with Crippen molar-refractivity contribution in [3.8, 4) is 0 Å². The summed E-state index contributed by atoms with van der Waals surface area (Å²) in [4.78, 5) is 28.5. The molecule has 0 radical (unpaired) electrons. The van der Waals surface area contributed by atoms with E-state index in [1.807, 2.05) is 26.4 Å². The van der Waals surface area contributed by atoms with E-state index in [0.717, 1.165) is 47.0 Å². The summed E-state index contributed by atoms with van der Waals surface area (Å²) in [6, 6.07) is 11.2. The van der Waals surface area contributed by atoms with E-state index >= 15 is 0 Å². The predicted molar refractivity (Wildman–Crippen MR) is 147 cm³/mol. The van der Waals surface area contributed by atoms with Gasteiger partial charge in [0.1, 0.15) is 5.69 Å². The third-order valence-electron chi connectivity index (χ3n) is 5.28. The molecule has 35 heavy (non-hydrogen) atoms. The van der Waals surface area contributed by atoms with E-state index in [0.29, 0.717) is 6.04 Å². The summed E-state index contributed by atoms with van der Waals surface area (Å²) in [5.74, 6) is 0. The van der Waals surface area contributed by atoms with Crippen LogP contribution in [0.1, 0.15) is 57.9 Å². The van der Waals surface area contributed by atoms with E-state index < -0.39 is 0 Å². The van der Waals surface area contributed by atoms with Gasteiger partial charge in [0, 0.05) is 30.7 Å². The van der Waals surface area contributed by atoms with Gasteiger partial charge in [-0.2, -0.15) is 9.59 Å². The highest BCUT2D eigenvalue weighted by molar-refractivity contribution is 8.00. The van der Waals surface area contributed by atoms with Gasteiger partial charge in [0.05, 0.1) is 17.7 Å². The topological polar surface area (TPSA) is 86.7 Å². The van der Waals surface area contributed by atoms with Crippen molar-refractivity contribution in [3.63, 3.8) is 0 Å². The largest absolute Gasteiger partial charge is 0.373 e. The molecule has 3 rings (SSSR count). The molecular weight excluding hydrogens is 458 g/mol. The van der Waals surface area contributed by atoms with Gasteiger partial charge in [-0.15, -0.1) is 0 Å². The molecule has 2 N–H and O–H groups in total. The fourth-order valence-electron chi connectivity index (χ4n) is 3.52. The van der Waals surface area contributed by atoms with Crippen molar-refractivity contribution in [3.05, 3.63) is 59.9 Å². The van der Waals surface area contributed by atoms with Gasteiger partial charge in [0.2, 0.25) is 0 Å². The number of aromatic nitrogens is 1. The van der Waals surface area contributed by atoms with Crippen molar-refractivity contribution in [2.45, 2.75) is 64.3 Å². The number of nitrogens with one attached hydrogen (secondary N) is 2. The van der Waals surface area contributed by atoms with Crippen LogP contribution in [0.15, 0.2) is 53.0 Å². The van der Waals surface area contributed by atoms with Gasteiger partial charge >= 0.3 is 6.15 Å². The van der Waals surface area contributed by atoms with E-state index in [1.165, 1.54) is 5.56 Å². The molecule has 0 amide bonds. The van der Waals surface area contributed by atoms with Crippen LogP contribution in [0, 0.1) is 6.92 Å². The third-order valence-corrected chi connectivity index (χ3v) is 6.11. The summed E-state index contributed by atoms with van der Waals surface area (Å²) in [6.45, 7) is 19.1. The van der Waals surface area contributed by atoms with Gasteiger partial charge in [0.25, 0.3) is 0 Å². The van der Waals surface area contributed by atoms with Crippen LogP contribution in [0.3, 0.4) is 0 Å². The second kappa shape index (κ2) is 15.1. The molecule has 1 aromatic heterocycles. The van der Waals surface area contributed by atoms with Crippen molar-refractivity contribution in [1.29, 1.82) is 0 Å². The van der Waals surface area contributed by atoms with Crippen LogP contribution in [-0.2, 0) is 15.0 Å². The van der Waals surface area contributed by atoms with Crippen LogP contribution in [0.4, 0.5) is 5.69 Å². The SMILES string of the molecule is C=C(c1ncc(C)cc1NSc1ccc(C(C)(C)C)cc1)N(C=NC)C1CCNC1.CC.O=C=O. The molecule has 0 spiro atoms. The number of rotatable bonds is 7. The van der Waals surface area contributed by atoms with Crippen LogP contribution >= 0.6 is 11.9 Å². The zero-order chi connectivity index (χ0) is 26.4. The molecule has 8 heteroatoms. The maximum atomic E-state index is 8.12. The van der Waals surface area contributed by atoms with Crippen LogP contribution in [-0.4, -0.2) is 48.6 Å². The second-order valence-electron chi connectivity index (χ2n) is 8.84. The predicted octanol–water partition coefficient (Wildman–Crippen LogP) is 5.54. The van der Waals surface area contributed by atoms with Crippen molar-refractivity contribution >= 4 is 35.8 Å². The Morgan fingerprint density at radius 1 is 1.29 bits per heavy atom. The van der Waals surface area contributed by atoms with Gasteiger partial charge in [-0.1, -0.05) is 53.3 Å². The summed E-state index contributed by atoms with van der Waals surface area (Å²) in [5, 5.41) is 3.42. The summed E-state index contributed by atoms with van der Waals surface area (Å²) < 4.78 is 3.50. The minimum atomic E-state index is 0.154. The smallest absolute Gasteiger partial charge is 0.327 e. The van der Waals surface area contributed by atoms with Gasteiger partial charge in [-0.25, -0.2) is 0 Å². The molecule has 2 aromatic rings. The standard InChI is InChI=1S/C24H33N5S.C2H6.CO2/c1-17-13-22(28-30-21-9-7-19(8-10-21)24(3,4)5)23(27-14-17)18(2)29(16-25-6)20-11-12-26-15-20;1-2;2-1-3/h7-10,13-14,16,20,26,28H,2,11-12,15H2,1,3-6H3;1-2H3;. The number of anilines is 1. The zero-order valence-corrected chi connectivity index (χ0v) is 22.8. The first-order valence-corrected chi connectivity index (χ1v) is 12.6. The summed E-state index contributed by atoms with van der Waals surface area (Å²) in [7, 11) is 1.79.